The van der Waals surface area contributed by atoms with Crippen LogP contribution in [0.3, 0.4) is 0 Å². The summed E-state index contributed by atoms with van der Waals surface area (Å²) in [6.45, 7) is 3.79. The van der Waals surface area contributed by atoms with Crippen molar-refractivity contribution in [2.24, 2.45) is 0 Å². The summed E-state index contributed by atoms with van der Waals surface area (Å²) in [5.74, 6) is 0. The number of hydrogen-bond donors (Lipinski definition) is 1. The van der Waals surface area contributed by atoms with Crippen LogP contribution in [0.2, 0.25) is 5.02 Å². The molecule has 1 aromatic carbocycles. The van der Waals surface area contributed by atoms with Crippen molar-refractivity contribution in [1.29, 1.82) is 0 Å². The molecule has 1 aromatic rings. The normalized spacial score (nSPS) is 27.6. The molecule has 0 radical (unpaired) electrons. The number of ether oxygens (including phenoxy) is 1. The fraction of sp³-hybridized carbons (Fsp3) is 0.455. The Balaban J connectivity index is 2.25. The Hall–Kier alpha value is -0.570. The van der Waals surface area contributed by atoms with Crippen molar-refractivity contribution < 1.29 is 4.74 Å². The van der Waals surface area contributed by atoms with E-state index in [1.165, 1.54) is 0 Å². The number of nitrogens with one attached hydrogen (secondary N) is 1. The van der Waals surface area contributed by atoms with Crippen LogP contribution < -0.4 is 5.32 Å². The summed E-state index contributed by atoms with van der Waals surface area (Å²) < 4.78 is 5.71. The highest BCUT2D eigenvalue weighted by atomic mass is 35.5. The molecule has 0 aromatic heterocycles. The molecule has 2 atom stereocenters. The lowest BCUT2D eigenvalue weighted by atomic mass is 10.0. The van der Waals surface area contributed by atoms with Crippen LogP contribution in [0.25, 0.3) is 0 Å². The van der Waals surface area contributed by atoms with Gasteiger partial charge in [-0.3, -0.25) is 0 Å². The average molecular weight is 212 g/mol. The molecule has 1 aliphatic heterocycles. The van der Waals surface area contributed by atoms with E-state index in [0.717, 1.165) is 23.7 Å². The lowest BCUT2D eigenvalue weighted by Crippen LogP contribution is -2.41. The molecule has 2 unspecified atom stereocenters. The molecule has 0 spiro atoms. The first kappa shape index (κ1) is 9.97. The van der Waals surface area contributed by atoms with Gasteiger partial charge in [0, 0.05) is 23.2 Å². The third-order valence-electron chi connectivity index (χ3n) is 2.53. The highest BCUT2D eigenvalue weighted by Gasteiger charge is 2.24. The van der Waals surface area contributed by atoms with Crippen molar-refractivity contribution in [2.45, 2.75) is 19.1 Å². The standard InChI is InChI=1S/C11H14ClNO/c1-8-11(14-7-6-13-8)9-4-2-3-5-10(9)12/h2-5,8,11,13H,6-7H2,1H3. The first-order valence-electron chi connectivity index (χ1n) is 4.88. The molecule has 0 aliphatic carbocycles. The molecule has 76 valence electrons. The van der Waals surface area contributed by atoms with Crippen LogP contribution in [-0.4, -0.2) is 19.2 Å². The van der Waals surface area contributed by atoms with Gasteiger partial charge in [-0.15, -0.1) is 0 Å². The molecule has 2 rings (SSSR count). The van der Waals surface area contributed by atoms with E-state index in [0.29, 0.717) is 6.04 Å². The predicted molar refractivity (Wildman–Crippen MR) is 57.6 cm³/mol. The second kappa shape index (κ2) is 4.30. The zero-order chi connectivity index (χ0) is 9.97. The largest absolute Gasteiger partial charge is 0.371 e. The van der Waals surface area contributed by atoms with Crippen LogP contribution in [0, 0.1) is 0 Å². The van der Waals surface area contributed by atoms with Crippen LogP contribution in [0.4, 0.5) is 0 Å². The molecule has 2 nitrogen and oxygen atoms in total. The number of rotatable bonds is 1. The summed E-state index contributed by atoms with van der Waals surface area (Å²) in [5, 5.41) is 4.16. The van der Waals surface area contributed by atoms with Crippen molar-refractivity contribution >= 4 is 11.6 Å². The topological polar surface area (TPSA) is 21.3 Å². The van der Waals surface area contributed by atoms with Gasteiger partial charge in [0.2, 0.25) is 0 Å². The smallest absolute Gasteiger partial charge is 0.0990 e. The second-order valence-corrected chi connectivity index (χ2v) is 3.96. The minimum absolute atomic E-state index is 0.0810. The summed E-state index contributed by atoms with van der Waals surface area (Å²) in [6.07, 6.45) is 0.0810. The Kier molecular flexibility index (Phi) is 3.06. The van der Waals surface area contributed by atoms with E-state index in [4.69, 9.17) is 16.3 Å². The van der Waals surface area contributed by atoms with Crippen LogP contribution in [0.15, 0.2) is 24.3 Å². The van der Waals surface area contributed by atoms with Crippen molar-refractivity contribution in [3.05, 3.63) is 34.9 Å². The van der Waals surface area contributed by atoms with Crippen molar-refractivity contribution in [1.82, 2.24) is 5.32 Å². The van der Waals surface area contributed by atoms with Crippen molar-refractivity contribution in [2.75, 3.05) is 13.2 Å². The zero-order valence-corrected chi connectivity index (χ0v) is 8.92. The number of benzene rings is 1. The summed E-state index contributed by atoms with van der Waals surface area (Å²) in [7, 11) is 0. The lowest BCUT2D eigenvalue weighted by molar-refractivity contribution is -0.000160. The van der Waals surface area contributed by atoms with E-state index in [2.05, 4.69) is 12.2 Å². The van der Waals surface area contributed by atoms with E-state index in [-0.39, 0.29) is 6.10 Å². The first-order chi connectivity index (χ1) is 6.79. The van der Waals surface area contributed by atoms with Crippen molar-refractivity contribution in [3.63, 3.8) is 0 Å². The fourth-order valence-electron chi connectivity index (χ4n) is 1.79. The Labute approximate surface area is 89.2 Å². The van der Waals surface area contributed by atoms with Gasteiger partial charge in [0.25, 0.3) is 0 Å². The van der Waals surface area contributed by atoms with E-state index in [1.54, 1.807) is 0 Å². The van der Waals surface area contributed by atoms with Gasteiger partial charge in [0.05, 0.1) is 12.7 Å². The van der Waals surface area contributed by atoms with E-state index >= 15 is 0 Å². The molecular weight excluding hydrogens is 198 g/mol. The Morgan fingerprint density at radius 3 is 2.93 bits per heavy atom. The second-order valence-electron chi connectivity index (χ2n) is 3.56. The van der Waals surface area contributed by atoms with Crippen LogP contribution >= 0.6 is 11.6 Å². The van der Waals surface area contributed by atoms with Crippen LogP contribution in [0.5, 0.6) is 0 Å². The quantitative estimate of drug-likeness (QED) is 0.770. The minimum atomic E-state index is 0.0810. The molecule has 1 aliphatic rings. The van der Waals surface area contributed by atoms with Gasteiger partial charge in [0.15, 0.2) is 0 Å². The van der Waals surface area contributed by atoms with Gasteiger partial charge in [-0.1, -0.05) is 29.8 Å². The summed E-state index contributed by atoms with van der Waals surface area (Å²) >= 11 is 6.12. The highest BCUT2D eigenvalue weighted by Crippen LogP contribution is 2.29. The monoisotopic (exact) mass is 211 g/mol. The van der Waals surface area contributed by atoms with Crippen molar-refractivity contribution in [3.8, 4) is 0 Å². The molecule has 1 heterocycles. The van der Waals surface area contributed by atoms with Crippen LogP contribution in [-0.2, 0) is 4.74 Å². The van der Waals surface area contributed by atoms with Gasteiger partial charge in [0.1, 0.15) is 0 Å². The molecule has 0 bridgehead atoms. The van der Waals surface area contributed by atoms with Crippen LogP contribution in [0.1, 0.15) is 18.6 Å². The van der Waals surface area contributed by atoms with Gasteiger partial charge in [-0.05, 0) is 13.0 Å². The third kappa shape index (κ3) is 1.92. The molecule has 0 saturated carbocycles. The number of hydrogen-bond acceptors (Lipinski definition) is 2. The predicted octanol–water partition coefficient (Wildman–Crippen LogP) is 2.39. The van der Waals surface area contributed by atoms with E-state index in [9.17, 15) is 0 Å². The maximum Gasteiger partial charge on any atom is 0.0990 e. The summed E-state index contributed by atoms with van der Waals surface area (Å²) in [6, 6.07) is 8.18. The zero-order valence-electron chi connectivity index (χ0n) is 8.16. The maximum absolute atomic E-state index is 6.12. The Morgan fingerprint density at radius 1 is 1.43 bits per heavy atom. The fourth-order valence-corrected chi connectivity index (χ4v) is 2.03. The molecule has 0 amide bonds. The van der Waals surface area contributed by atoms with Gasteiger partial charge < -0.3 is 10.1 Å². The minimum Gasteiger partial charge on any atom is -0.371 e. The molecule has 14 heavy (non-hydrogen) atoms. The molecule has 3 heteroatoms. The number of morpholine rings is 1. The highest BCUT2D eigenvalue weighted by molar-refractivity contribution is 6.31. The molecular formula is C11H14ClNO. The van der Waals surface area contributed by atoms with E-state index in [1.807, 2.05) is 24.3 Å². The Morgan fingerprint density at radius 2 is 2.21 bits per heavy atom. The molecule has 1 saturated heterocycles. The first-order valence-corrected chi connectivity index (χ1v) is 5.26. The van der Waals surface area contributed by atoms with Gasteiger partial charge in [-0.2, -0.15) is 0 Å². The summed E-state index contributed by atoms with van der Waals surface area (Å²) in [4.78, 5) is 0. The summed E-state index contributed by atoms with van der Waals surface area (Å²) in [5.41, 5.74) is 1.08. The van der Waals surface area contributed by atoms with E-state index < -0.39 is 0 Å². The van der Waals surface area contributed by atoms with Gasteiger partial charge >= 0.3 is 0 Å². The SMILES string of the molecule is CC1NCCOC1c1ccccc1Cl. The number of halogens is 1. The third-order valence-corrected chi connectivity index (χ3v) is 2.88. The average Bonchev–Trinajstić information content (AvgIpc) is 2.20. The Bertz CT molecular complexity index is 316. The lowest BCUT2D eigenvalue weighted by Gasteiger charge is -2.31. The maximum atomic E-state index is 6.12. The molecule has 1 fully saturated rings. The molecule has 1 N–H and O–H groups in total. The van der Waals surface area contributed by atoms with Gasteiger partial charge in [-0.25, -0.2) is 0 Å².